The summed E-state index contributed by atoms with van der Waals surface area (Å²) in [4.78, 5) is 20.6. The summed E-state index contributed by atoms with van der Waals surface area (Å²) in [6.45, 7) is 12.3. The highest BCUT2D eigenvalue weighted by molar-refractivity contribution is 14.0. The Labute approximate surface area is 199 Å². The third-order valence-electron chi connectivity index (χ3n) is 5.61. The Morgan fingerprint density at radius 2 is 2.00 bits per heavy atom. The molecule has 0 spiro atoms. The number of benzene rings is 1. The van der Waals surface area contributed by atoms with Crippen molar-refractivity contribution in [2.75, 3.05) is 33.2 Å². The molecule has 0 saturated carbocycles. The zero-order valence-corrected chi connectivity index (χ0v) is 21.4. The molecular weight excluding hydrogens is 489 g/mol. The van der Waals surface area contributed by atoms with E-state index in [1.54, 1.807) is 0 Å². The minimum atomic E-state index is 0. The van der Waals surface area contributed by atoms with Gasteiger partial charge in [0.05, 0.1) is 0 Å². The SMILES string of the molecule is CCN(CC)CCCC(C)NC(=NC)NCc1cccc(CN2CCCC2=O)c1.I. The number of rotatable bonds is 11. The van der Waals surface area contributed by atoms with Crippen LogP contribution in [0.4, 0.5) is 0 Å². The number of halogens is 1. The van der Waals surface area contributed by atoms with E-state index in [4.69, 9.17) is 0 Å². The Bertz CT molecular complexity index is 663. The minimum absolute atomic E-state index is 0. The van der Waals surface area contributed by atoms with Crippen molar-refractivity contribution in [1.29, 1.82) is 0 Å². The highest BCUT2D eigenvalue weighted by Gasteiger charge is 2.19. The second-order valence-electron chi connectivity index (χ2n) is 7.88. The topological polar surface area (TPSA) is 60.0 Å². The number of carbonyl (C=O) groups is 1. The maximum absolute atomic E-state index is 11.9. The van der Waals surface area contributed by atoms with Gasteiger partial charge in [-0.2, -0.15) is 0 Å². The second kappa shape index (κ2) is 14.6. The minimum Gasteiger partial charge on any atom is -0.354 e. The first-order chi connectivity index (χ1) is 14.0. The molecule has 0 aromatic heterocycles. The molecule has 2 N–H and O–H groups in total. The summed E-state index contributed by atoms with van der Waals surface area (Å²) in [5, 5.41) is 6.91. The molecule has 7 heteroatoms. The van der Waals surface area contributed by atoms with Crippen molar-refractivity contribution in [2.45, 2.75) is 65.6 Å². The fraction of sp³-hybridized carbons (Fsp3) is 0.652. The molecule has 2 rings (SSSR count). The van der Waals surface area contributed by atoms with Gasteiger partial charge in [0.1, 0.15) is 0 Å². The van der Waals surface area contributed by atoms with Gasteiger partial charge in [-0.1, -0.05) is 38.1 Å². The molecule has 0 bridgehead atoms. The number of aliphatic imine (C=N–C) groups is 1. The lowest BCUT2D eigenvalue weighted by Crippen LogP contribution is -2.42. The fourth-order valence-electron chi connectivity index (χ4n) is 3.78. The van der Waals surface area contributed by atoms with E-state index in [9.17, 15) is 4.79 Å². The Morgan fingerprint density at radius 3 is 2.63 bits per heavy atom. The second-order valence-corrected chi connectivity index (χ2v) is 7.88. The summed E-state index contributed by atoms with van der Waals surface area (Å²) in [5.74, 6) is 1.11. The summed E-state index contributed by atoms with van der Waals surface area (Å²) in [5.41, 5.74) is 2.39. The van der Waals surface area contributed by atoms with Gasteiger partial charge in [-0.05, 0) is 56.9 Å². The molecule has 1 unspecified atom stereocenters. The molecular formula is C23H40IN5O. The molecule has 1 heterocycles. The number of carbonyl (C=O) groups excluding carboxylic acids is 1. The van der Waals surface area contributed by atoms with Gasteiger partial charge >= 0.3 is 0 Å². The summed E-state index contributed by atoms with van der Waals surface area (Å²) in [7, 11) is 1.81. The number of amides is 1. The normalized spacial score (nSPS) is 15.3. The van der Waals surface area contributed by atoms with Gasteiger partial charge in [0.25, 0.3) is 0 Å². The third-order valence-corrected chi connectivity index (χ3v) is 5.61. The van der Waals surface area contributed by atoms with Crippen LogP contribution < -0.4 is 10.6 Å². The van der Waals surface area contributed by atoms with E-state index in [0.717, 1.165) is 45.0 Å². The van der Waals surface area contributed by atoms with E-state index < -0.39 is 0 Å². The number of nitrogens with one attached hydrogen (secondary N) is 2. The number of guanidine groups is 1. The first-order valence-corrected chi connectivity index (χ1v) is 11.1. The molecule has 170 valence electrons. The van der Waals surface area contributed by atoms with E-state index in [1.807, 2.05) is 11.9 Å². The van der Waals surface area contributed by atoms with Gasteiger partial charge in [0.15, 0.2) is 5.96 Å². The van der Waals surface area contributed by atoms with Crippen molar-refractivity contribution < 1.29 is 4.79 Å². The maximum Gasteiger partial charge on any atom is 0.222 e. The predicted octanol–water partition coefficient (Wildman–Crippen LogP) is 3.60. The number of likely N-dealkylation sites (tertiary alicyclic amines) is 1. The summed E-state index contributed by atoms with van der Waals surface area (Å²) < 4.78 is 0. The van der Waals surface area contributed by atoms with Gasteiger partial charge in [-0.15, -0.1) is 24.0 Å². The fourth-order valence-corrected chi connectivity index (χ4v) is 3.78. The third kappa shape index (κ3) is 9.20. The van der Waals surface area contributed by atoms with Crippen molar-refractivity contribution in [3.63, 3.8) is 0 Å². The lowest BCUT2D eigenvalue weighted by atomic mass is 10.1. The van der Waals surface area contributed by atoms with Crippen LogP contribution in [-0.4, -0.2) is 60.9 Å². The van der Waals surface area contributed by atoms with Crippen LogP contribution in [-0.2, 0) is 17.9 Å². The molecule has 1 amide bonds. The molecule has 0 radical (unpaired) electrons. The molecule has 1 atom stereocenters. The van der Waals surface area contributed by atoms with Crippen molar-refractivity contribution in [3.8, 4) is 0 Å². The van der Waals surface area contributed by atoms with Crippen molar-refractivity contribution in [2.24, 2.45) is 4.99 Å². The van der Waals surface area contributed by atoms with Crippen LogP contribution in [0.2, 0.25) is 0 Å². The predicted molar refractivity (Wildman–Crippen MR) is 136 cm³/mol. The Kier molecular flexibility index (Phi) is 13.0. The molecule has 1 aliphatic heterocycles. The van der Waals surface area contributed by atoms with Gasteiger partial charge in [-0.3, -0.25) is 9.79 Å². The highest BCUT2D eigenvalue weighted by Crippen LogP contribution is 2.15. The summed E-state index contributed by atoms with van der Waals surface area (Å²) >= 11 is 0. The Balaban J connectivity index is 0.00000450. The number of hydrogen-bond acceptors (Lipinski definition) is 3. The maximum atomic E-state index is 11.9. The largest absolute Gasteiger partial charge is 0.354 e. The van der Waals surface area contributed by atoms with Crippen LogP contribution in [0.5, 0.6) is 0 Å². The molecule has 0 aliphatic carbocycles. The zero-order chi connectivity index (χ0) is 21.1. The van der Waals surface area contributed by atoms with Crippen LogP contribution in [0.1, 0.15) is 57.6 Å². The first-order valence-electron chi connectivity index (χ1n) is 11.1. The Hall–Kier alpha value is -1.35. The van der Waals surface area contributed by atoms with E-state index >= 15 is 0 Å². The lowest BCUT2D eigenvalue weighted by molar-refractivity contribution is -0.128. The Morgan fingerprint density at radius 1 is 1.27 bits per heavy atom. The summed E-state index contributed by atoms with van der Waals surface area (Å²) in [6, 6.07) is 8.84. The monoisotopic (exact) mass is 529 g/mol. The molecule has 1 aromatic carbocycles. The van der Waals surface area contributed by atoms with Gasteiger partial charge in [-0.25, -0.2) is 0 Å². The highest BCUT2D eigenvalue weighted by atomic mass is 127. The lowest BCUT2D eigenvalue weighted by Gasteiger charge is -2.21. The van der Waals surface area contributed by atoms with Crippen LogP contribution in [0.25, 0.3) is 0 Å². The molecule has 6 nitrogen and oxygen atoms in total. The quantitative estimate of drug-likeness (QED) is 0.261. The van der Waals surface area contributed by atoms with E-state index in [-0.39, 0.29) is 29.9 Å². The van der Waals surface area contributed by atoms with E-state index in [0.29, 0.717) is 25.6 Å². The van der Waals surface area contributed by atoms with Gasteiger partial charge < -0.3 is 20.4 Å². The molecule has 1 aliphatic rings. The van der Waals surface area contributed by atoms with Crippen LogP contribution in [0.3, 0.4) is 0 Å². The smallest absolute Gasteiger partial charge is 0.222 e. The molecule has 30 heavy (non-hydrogen) atoms. The average Bonchev–Trinajstić information content (AvgIpc) is 3.13. The van der Waals surface area contributed by atoms with Crippen molar-refractivity contribution >= 4 is 35.8 Å². The van der Waals surface area contributed by atoms with Crippen molar-refractivity contribution in [1.82, 2.24) is 20.4 Å². The molecule has 1 aromatic rings. The number of nitrogens with zero attached hydrogens (tertiary/aromatic N) is 3. The average molecular weight is 530 g/mol. The van der Waals surface area contributed by atoms with Crippen LogP contribution in [0, 0.1) is 0 Å². The molecule has 1 saturated heterocycles. The number of hydrogen-bond donors (Lipinski definition) is 2. The zero-order valence-electron chi connectivity index (χ0n) is 19.1. The van der Waals surface area contributed by atoms with Crippen LogP contribution >= 0.6 is 24.0 Å². The van der Waals surface area contributed by atoms with Gasteiger partial charge in [0.2, 0.25) is 5.91 Å². The summed E-state index contributed by atoms with van der Waals surface area (Å²) in [6.07, 6.45) is 3.98. The van der Waals surface area contributed by atoms with E-state index in [2.05, 4.69) is 65.6 Å². The standard InChI is InChI=1S/C23H39N5O.HI/c1-5-27(6-2)14-8-10-19(3)26-23(24-4)25-17-20-11-7-12-21(16-20)18-28-15-9-13-22(28)29;/h7,11-12,16,19H,5-6,8-10,13-15,17-18H2,1-4H3,(H2,24,25,26);1H. The van der Waals surface area contributed by atoms with Gasteiger partial charge in [0, 0.05) is 39.1 Å². The molecule has 1 fully saturated rings. The van der Waals surface area contributed by atoms with E-state index in [1.165, 1.54) is 17.5 Å². The van der Waals surface area contributed by atoms with Crippen LogP contribution in [0.15, 0.2) is 29.3 Å². The van der Waals surface area contributed by atoms with Crippen molar-refractivity contribution in [3.05, 3.63) is 35.4 Å². The first kappa shape index (κ1) is 26.7.